The van der Waals surface area contributed by atoms with Crippen LogP contribution in [0.1, 0.15) is 76.0 Å². The number of hydrogen-bond acceptors (Lipinski definition) is 0. The van der Waals surface area contributed by atoms with Gasteiger partial charge in [0.25, 0.3) is 0 Å². The van der Waals surface area contributed by atoms with E-state index in [9.17, 15) is 0 Å². The molecule has 0 fully saturated rings. The van der Waals surface area contributed by atoms with Crippen molar-refractivity contribution in [3.05, 3.63) is 107 Å². The van der Waals surface area contributed by atoms with Crippen LogP contribution in [0.15, 0.2) is 84.4 Å². The number of unbranched alkanes of at least 4 members (excludes halogenated alkanes) is 3. The summed E-state index contributed by atoms with van der Waals surface area (Å²) in [7, 11) is 0. The average Bonchev–Trinajstić information content (AvgIpc) is 3.45. The van der Waals surface area contributed by atoms with Gasteiger partial charge in [-0.15, -0.1) is 0 Å². The fourth-order valence-corrected chi connectivity index (χ4v) is 24.6. The Labute approximate surface area is 241 Å². The standard InChI is InChI=1S/C16H13.C9H7.C6H14.CH5Si.2ClH.Zr/c1-12-10-14-8-5-9-15(16(14)11-12)13-6-3-2-4-7-13;1-2-5-9-7-3-6-8(9)4-1;1-3-5-6-4-2;1-2;;;/h2-11H,1H3;1-7H;3-6H2,1-2H3;2H2,1H3;2*1H;/q;;;;;;+2/p-2. The minimum Gasteiger partial charge on any atom is -1.00 e. The first-order valence-electron chi connectivity index (χ1n) is 13.2. The van der Waals surface area contributed by atoms with Crippen molar-refractivity contribution in [2.24, 2.45) is 0 Å². The van der Waals surface area contributed by atoms with Gasteiger partial charge in [0.2, 0.25) is 0 Å². The van der Waals surface area contributed by atoms with Gasteiger partial charge in [0, 0.05) is 0 Å². The van der Waals surface area contributed by atoms with Gasteiger partial charge in [0.1, 0.15) is 0 Å². The van der Waals surface area contributed by atoms with E-state index in [0.717, 1.165) is 7.25 Å². The summed E-state index contributed by atoms with van der Waals surface area (Å²) in [6, 6.07) is 27.0. The van der Waals surface area contributed by atoms with E-state index >= 15 is 0 Å². The zero-order valence-corrected chi connectivity index (χ0v) is 27.5. The van der Waals surface area contributed by atoms with E-state index in [4.69, 9.17) is 0 Å². The molecule has 2 aliphatic rings. The molecule has 0 bridgehead atoms. The van der Waals surface area contributed by atoms with Gasteiger partial charge in [0.15, 0.2) is 0 Å². The number of halogens is 2. The molecule has 5 rings (SSSR count). The van der Waals surface area contributed by atoms with E-state index in [-0.39, 0.29) is 31.5 Å². The molecule has 189 valence electrons. The Bertz CT molecular complexity index is 1150. The van der Waals surface area contributed by atoms with Crippen molar-refractivity contribution in [1.29, 1.82) is 0 Å². The van der Waals surface area contributed by atoms with Crippen LogP contribution in [0.25, 0.3) is 23.3 Å². The maximum Gasteiger partial charge on any atom is -1.00 e. The molecule has 3 aromatic rings. The molecule has 0 N–H and O–H groups in total. The SMILES string of the molecule is CCCCCC.C[SiH2][Zr+2]([CH]1C=Cc2ccccc21)[CH]1C(C)=Cc2c(-c3ccccc3)cccc21.[Cl-].[Cl-]. The molecule has 36 heavy (non-hydrogen) atoms. The zero-order valence-electron chi connectivity index (χ0n) is 22.1. The quantitative estimate of drug-likeness (QED) is 0.284. The molecule has 4 heteroatoms. The van der Waals surface area contributed by atoms with E-state index in [1.165, 1.54) is 47.9 Å². The molecule has 2 atom stereocenters. The second kappa shape index (κ2) is 15.3. The second-order valence-corrected chi connectivity index (χ2v) is 26.1. The molecule has 0 aromatic heterocycles. The van der Waals surface area contributed by atoms with E-state index in [1.807, 2.05) is 0 Å². The van der Waals surface area contributed by atoms with Crippen LogP contribution in [-0.2, 0) is 20.9 Å². The Morgan fingerprint density at radius 1 is 0.778 bits per heavy atom. The summed E-state index contributed by atoms with van der Waals surface area (Å²) in [6.45, 7) is 9.43. The van der Waals surface area contributed by atoms with Gasteiger partial charge < -0.3 is 24.8 Å². The fourth-order valence-electron chi connectivity index (χ4n) is 5.59. The van der Waals surface area contributed by atoms with Crippen LogP contribution in [0.5, 0.6) is 0 Å². The number of hydrogen-bond donors (Lipinski definition) is 0. The van der Waals surface area contributed by atoms with Crippen molar-refractivity contribution < 1.29 is 45.7 Å². The number of benzene rings is 3. The van der Waals surface area contributed by atoms with Crippen molar-refractivity contribution >= 4 is 18.8 Å². The summed E-state index contributed by atoms with van der Waals surface area (Å²) in [5.74, 6) is 0. The second-order valence-electron chi connectivity index (χ2n) is 9.60. The van der Waals surface area contributed by atoms with Crippen molar-refractivity contribution in [2.75, 3.05) is 0 Å². The van der Waals surface area contributed by atoms with Crippen molar-refractivity contribution in [1.82, 2.24) is 0 Å². The van der Waals surface area contributed by atoms with E-state index < -0.39 is 20.9 Å². The molecule has 2 unspecified atom stereocenters. The van der Waals surface area contributed by atoms with Crippen LogP contribution in [0.3, 0.4) is 0 Å². The molecule has 0 aliphatic heterocycles. The third kappa shape index (κ3) is 6.82. The first-order valence-corrected chi connectivity index (χ1v) is 23.4. The van der Waals surface area contributed by atoms with Crippen molar-refractivity contribution in [2.45, 2.75) is 60.3 Å². The molecule has 0 saturated carbocycles. The largest absolute Gasteiger partial charge is 1.00 e. The molecular weight excluding hydrogens is 575 g/mol. The van der Waals surface area contributed by atoms with Gasteiger partial charge in [-0.1, -0.05) is 39.5 Å². The Morgan fingerprint density at radius 2 is 1.42 bits per heavy atom. The number of fused-ring (bicyclic) bond motifs is 2. The van der Waals surface area contributed by atoms with Gasteiger partial charge in [-0.3, -0.25) is 0 Å². The summed E-state index contributed by atoms with van der Waals surface area (Å²) in [6.07, 6.45) is 13.0. The van der Waals surface area contributed by atoms with Crippen molar-refractivity contribution in [3.63, 3.8) is 0 Å². The Balaban J connectivity index is 0.000000514. The molecule has 0 radical (unpaired) electrons. The zero-order chi connectivity index (χ0) is 23.9. The summed E-state index contributed by atoms with van der Waals surface area (Å²) in [5, 5.41) is 0. The number of allylic oxidation sites excluding steroid dienone is 2. The van der Waals surface area contributed by atoms with Crippen LogP contribution in [0.2, 0.25) is 6.55 Å². The topological polar surface area (TPSA) is 0 Å². The summed E-state index contributed by atoms with van der Waals surface area (Å²) < 4.78 is 1.51. The molecule has 3 aromatic carbocycles. The molecule has 2 aliphatic carbocycles. The van der Waals surface area contributed by atoms with Gasteiger partial charge >= 0.3 is 178 Å². The normalized spacial score (nSPS) is 16.8. The van der Waals surface area contributed by atoms with Crippen LogP contribution in [0, 0.1) is 0 Å². The Hall–Kier alpha value is -1.18. The van der Waals surface area contributed by atoms with E-state index in [1.54, 1.807) is 16.7 Å². The van der Waals surface area contributed by atoms with Crippen LogP contribution < -0.4 is 24.8 Å². The third-order valence-electron chi connectivity index (χ3n) is 7.30. The maximum atomic E-state index is 2.58. The molecule has 0 spiro atoms. The van der Waals surface area contributed by atoms with Gasteiger partial charge in [-0.25, -0.2) is 0 Å². The predicted octanol–water partition coefficient (Wildman–Crippen LogP) is 2.92. The molecule has 0 nitrogen and oxygen atoms in total. The first-order chi connectivity index (χ1) is 16.7. The Kier molecular flexibility index (Phi) is 13.2. The van der Waals surface area contributed by atoms with Crippen LogP contribution in [0.4, 0.5) is 0 Å². The van der Waals surface area contributed by atoms with Crippen LogP contribution >= 0.6 is 0 Å². The summed E-state index contributed by atoms with van der Waals surface area (Å²) in [4.78, 5) is 0. The first kappa shape index (κ1) is 31.0. The van der Waals surface area contributed by atoms with Gasteiger partial charge in [-0.05, 0) is 0 Å². The summed E-state index contributed by atoms with van der Waals surface area (Å²) in [5.41, 5.74) is 10.6. The smallest absolute Gasteiger partial charge is 1.00 e. The van der Waals surface area contributed by atoms with Gasteiger partial charge in [-0.2, -0.15) is 0 Å². The third-order valence-corrected chi connectivity index (χ3v) is 26.1. The molecule has 0 heterocycles. The van der Waals surface area contributed by atoms with Gasteiger partial charge in [0.05, 0.1) is 0 Å². The van der Waals surface area contributed by atoms with Crippen LogP contribution in [-0.4, -0.2) is 6.65 Å². The monoisotopic (exact) mass is 611 g/mol. The predicted molar refractivity (Wildman–Crippen MR) is 151 cm³/mol. The Morgan fingerprint density at radius 3 is 2.08 bits per heavy atom. The van der Waals surface area contributed by atoms with E-state index in [2.05, 4.69) is 118 Å². The van der Waals surface area contributed by atoms with E-state index in [0.29, 0.717) is 0 Å². The fraction of sp³-hybridized carbons (Fsp3) is 0.312. The van der Waals surface area contributed by atoms with Crippen molar-refractivity contribution in [3.8, 4) is 11.1 Å². The summed E-state index contributed by atoms with van der Waals surface area (Å²) >= 11 is -1.69. The maximum absolute atomic E-state index is 2.58. The molecule has 0 saturated heterocycles. The minimum absolute atomic E-state index is 0. The minimum atomic E-state index is -1.69. The molecule has 0 amide bonds. The average molecular weight is 614 g/mol. The molecular formula is C32H39Cl2SiZr. The number of rotatable bonds is 7.